The van der Waals surface area contributed by atoms with E-state index in [1.807, 2.05) is 43.0 Å². The first-order chi connectivity index (χ1) is 12.4. The van der Waals surface area contributed by atoms with Crippen molar-refractivity contribution in [3.63, 3.8) is 0 Å². The van der Waals surface area contributed by atoms with Crippen molar-refractivity contribution in [3.05, 3.63) is 53.6 Å². The number of nitrogens with zero attached hydrogens (tertiary/aromatic N) is 2. The van der Waals surface area contributed by atoms with Crippen molar-refractivity contribution in [1.29, 1.82) is 0 Å². The summed E-state index contributed by atoms with van der Waals surface area (Å²) in [6.45, 7) is 8.63. The van der Waals surface area contributed by atoms with Crippen molar-refractivity contribution in [2.24, 2.45) is 17.3 Å². The highest BCUT2D eigenvalue weighted by Gasteiger charge is 2.33. The number of hydrogen-bond acceptors (Lipinski definition) is 2. The van der Waals surface area contributed by atoms with E-state index in [0.717, 1.165) is 17.5 Å². The summed E-state index contributed by atoms with van der Waals surface area (Å²) in [5.74, 6) is 1.44. The Labute approximate surface area is 162 Å². The molecular formula is C22H31ClN2O. The molecule has 3 rings (SSSR count). The fraction of sp³-hybridized carbons (Fsp3) is 0.591. The maximum absolute atomic E-state index is 6.41. The van der Waals surface area contributed by atoms with E-state index in [2.05, 4.69) is 30.3 Å². The highest BCUT2D eigenvalue weighted by molar-refractivity contribution is 6.30. The summed E-state index contributed by atoms with van der Waals surface area (Å²) in [7, 11) is 0. The van der Waals surface area contributed by atoms with Crippen LogP contribution < -0.4 is 0 Å². The minimum atomic E-state index is 0.223. The molecule has 1 atom stereocenters. The number of halogens is 1. The topological polar surface area (TPSA) is 27.1 Å². The molecule has 1 aromatic heterocycles. The zero-order chi connectivity index (χ0) is 18.6. The third-order valence-electron chi connectivity index (χ3n) is 5.85. The lowest BCUT2D eigenvalue weighted by atomic mass is 9.69. The number of rotatable bonds is 6. The number of aromatic nitrogens is 2. The van der Waals surface area contributed by atoms with Crippen LogP contribution in [0.5, 0.6) is 0 Å². The zero-order valence-electron chi connectivity index (χ0n) is 16.2. The Morgan fingerprint density at radius 1 is 1.15 bits per heavy atom. The van der Waals surface area contributed by atoms with Crippen molar-refractivity contribution < 1.29 is 4.74 Å². The highest BCUT2D eigenvalue weighted by atomic mass is 35.5. The van der Waals surface area contributed by atoms with Gasteiger partial charge in [-0.25, -0.2) is 4.98 Å². The molecule has 0 spiro atoms. The van der Waals surface area contributed by atoms with Crippen molar-refractivity contribution in [1.82, 2.24) is 9.55 Å². The lowest BCUT2D eigenvalue weighted by molar-refractivity contribution is -0.0302. The molecule has 0 saturated heterocycles. The van der Waals surface area contributed by atoms with Crippen molar-refractivity contribution in [3.8, 4) is 0 Å². The Morgan fingerprint density at radius 2 is 1.85 bits per heavy atom. The second-order valence-corrected chi connectivity index (χ2v) is 9.15. The molecule has 4 heteroatoms. The highest BCUT2D eigenvalue weighted by Crippen LogP contribution is 2.41. The summed E-state index contributed by atoms with van der Waals surface area (Å²) < 4.78 is 8.55. The maximum Gasteiger partial charge on any atom is 0.0946 e. The third-order valence-corrected chi connectivity index (χ3v) is 6.10. The molecule has 1 saturated carbocycles. The molecule has 0 radical (unpaired) electrons. The van der Waals surface area contributed by atoms with Crippen LogP contribution in [0.1, 0.15) is 52.0 Å². The monoisotopic (exact) mass is 374 g/mol. The molecule has 0 N–H and O–H groups in total. The Bertz CT molecular complexity index is 652. The molecule has 0 amide bonds. The summed E-state index contributed by atoms with van der Waals surface area (Å²) in [6, 6.07) is 7.96. The normalized spacial score (nSPS) is 22.3. The van der Waals surface area contributed by atoms with E-state index in [-0.39, 0.29) is 6.10 Å². The molecule has 1 heterocycles. The lowest BCUT2D eigenvalue weighted by Gasteiger charge is -2.39. The van der Waals surface area contributed by atoms with Gasteiger partial charge in [-0.2, -0.15) is 0 Å². The molecule has 1 aliphatic carbocycles. The van der Waals surface area contributed by atoms with E-state index >= 15 is 0 Å². The van der Waals surface area contributed by atoms with Crippen LogP contribution in [-0.2, 0) is 17.9 Å². The fourth-order valence-corrected chi connectivity index (χ4v) is 4.21. The Morgan fingerprint density at radius 3 is 2.42 bits per heavy atom. The molecule has 3 nitrogen and oxygen atoms in total. The fourth-order valence-electron chi connectivity index (χ4n) is 4.08. The standard InChI is InChI=1S/C22H31ClN2O/c1-22(2,3)19-8-6-18(7-9-19)21(14-25-13-12-24-16-25)26-15-17-4-10-20(23)11-5-17/h4-5,10-13,16,18-19,21H,6-9,14-15H2,1-3H3. The van der Waals surface area contributed by atoms with Gasteiger partial charge in [0.25, 0.3) is 0 Å². The average Bonchev–Trinajstić information content (AvgIpc) is 3.12. The van der Waals surface area contributed by atoms with Crippen molar-refractivity contribution in [2.45, 2.75) is 65.7 Å². The Balaban J connectivity index is 1.62. The van der Waals surface area contributed by atoms with Gasteiger partial charge in [0, 0.05) is 17.4 Å². The van der Waals surface area contributed by atoms with E-state index in [1.54, 1.807) is 0 Å². The first-order valence-electron chi connectivity index (χ1n) is 9.73. The van der Waals surface area contributed by atoms with Crippen LogP contribution in [0.25, 0.3) is 0 Å². The molecule has 26 heavy (non-hydrogen) atoms. The smallest absolute Gasteiger partial charge is 0.0946 e. The first-order valence-corrected chi connectivity index (χ1v) is 10.1. The second-order valence-electron chi connectivity index (χ2n) is 8.71. The molecule has 0 bridgehead atoms. The van der Waals surface area contributed by atoms with Gasteiger partial charge in [0.1, 0.15) is 0 Å². The minimum Gasteiger partial charge on any atom is -0.371 e. The van der Waals surface area contributed by atoms with Gasteiger partial charge in [0.05, 0.1) is 25.6 Å². The van der Waals surface area contributed by atoms with Crippen LogP contribution in [0.15, 0.2) is 43.0 Å². The van der Waals surface area contributed by atoms with Gasteiger partial charge in [0.2, 0.25) is 0 Å². The zero-order valence-corrected chi connectivity index (χ0v) is 17.0. The van der Waals surface area contributed by atoms with Crippen molar-refractivity contribution in [2.75, 3.05) is 0 Å². The van der Waals surface area contributed by atoms with Crippen LogP contribution in [0.4, 0.5) is 0 Å². The number of hydrogen-bond donors (Lipinski definition) is 0. The van der Waals surface area contributed by atoms with Crippen LogP contribution in [-0.4, -0.2) is 15.7 Å². The van der Waals surface area contributed by atoms with Crippen LogP contribution >= 0.6 is 11.6 Å². The summed E-state index contributed by atoms with van der Waals surface area (Å²) in [5.41, 5.74) is 1.59. The van der Waals surface area contributed by atoms with Crippen LogP contribution in [0.2, 0.25) is 5.02 Å². The first kappa shape index (κ1) is 19.4. The summed E-state index contributed by atoms with van der Waals surface area (Å²) >= 11 is 5.99. The van der Waals surface area contributed by atoms with Gasteiger partial charge in [0.15, 0.2) is 0 Å². The summed E-state index contributed by atoms with van der Waals surface area (Å²) in [6.07, 6.45) is 11.1. The van der Waals surface area contributed by atoms with E-state index in [9.17, 15) is 0 Å². The van der Waals surface area contributed by atoms with Gasteiger partial charge < -0.3 is 9.30 Å². The SMILES string of the molecule is CC(C)(C)C1CCC(C(Cn2ccnc2)OCc2ccc(Cl)cc2)CC1. The quantitative estimate of drug-likeness (QED) is 0.622. The van der Waals surface area contributed by atoms with Crippen molar-refractivity contribution >= 4 is 11.6 Å². The van der Waals surface area contributed by atoms with Gasteiger partial charge >= 0.3 is 0 Å². The van der Waals surface area contributed by atoms with Crippen LogP contribution in [0.3, 0.4) is 0 Å². The van der Waals surface area contributed by atoms with E-state index in [4.69, 9.17) is 16.3 Å². The van der Waals surface area contributed by atoms with E-state index in [1.165, 1.54) is 31.2 Å². The summed E-state index contributed by atoms with van der Waals surface area (Å²) in [4.78, 5) is 4.19. The second kappa shape index (κ2) is 8.58. The van der Waals surface area contributed by atoms with E-state index < -0.39 is 0 Å². The molecule has 0 aliphatic heterocycles. The predicted molar refractivity (Wildman–Crippen MR) is 107 cm³/mol. The summed E-state index contributed by atoms with van der Waals surface area (Å²) in [5, 5.41) is 0.768. The largest absolute Gasteiger partial charge is 0.371 e. The average molecular weight is 375 g/mol. The molecule has 1 aromatic carbocycles. The number of imidazole rings is 1. The van der Waals surface area contributed by atoms with Gasteiger partial charge in [-0.15, -0.1) is 0 Å². The minimum absolute atomic E-state index is 0.223. The molecular weight excluding hydrogens is 344 g/mol. The van der Waals surface area contributed by atoms with Crippen LogP contribution in [0, 0.1) is 17.3 Å². The number of ether oxygens (including phenoxy) is 1. The number of benzene rings is 1. The maximum atomic E-state index is 6.41. The Kier molecular flexibility index (Phi) is 6.42. The van der Waals surface area contributed by atoms with Gasteiger partial charge in [-0.3, -0.25) is 0 Å². The molecule has 1 aliphatic rings. The Hall–Kier alpha value is -1.32. The van der Waals surface area contributed by atoms with E-state index in [0.29, 0.717) is 17.9 Å². The lowest BCUT2D eigenvalue weighted by Crippen LogP contribution is -2.34. The molecule has 2 aromatic rings. The predicted octanol–water partition coefficient (Wildman–Crippen LogP) is 5.97. The van der Waals surface area contributed by atoms with Gasteiger partial charge in [-0.1, -0.05) is 44.5 Å². The molecule has 1 unspecified atom stereocenters. The molecule has 1 fully saturated rings. The molecule has 142 valence electrons. The third kappa shape index (κ3) is 5.34. The van der Waals surface area contributed by atoms with Gasteiger partial charge in [-0.05, 0) is 60.6 Å².